The fourth-order valence-electron chi connectivity index (χ4n) is 1.38. The molecule has 0 radical (unpaired) electrons. The number of nitrogens with zero attached hydrogens (tertiary/aromatic N) is 2. The number of rotatable bonds is 6. The molecule has 0 unspecified atom stereocenters. The number of hydrogen-bond donors (Lipinski definition) is 2. The first-order chi connectivity index (χ1) is 8.95. The van der Waals surface area contributed by atoms with Gasteiger partial charge < -0.3 is 20.7 Å². The Hall–Kier alpha value is -1.24. The summed E-state index contributed by atoms with van der Waals surface area (Å²) >= 11 is 11.8. The molecule has 0 fully saturated rings. The smallest absolute Gasteiger partial charge is 0.239 e. The predicted octanol–water partition coefficient (Wildman–Crippen LogP) is 1.17. The van der Waals surface area contributed by atoms with Crippen molar-refractivity contribution in [2.75, 3.05) is 44.5 Å². The van der Waals surface area contributed by atoms with Crippen LogP contribution in [0.1, 0.15) is 0 Å². The molecule has 0 spiro atoms. The highest BCUT2D eigenvalue weighted by Gasteiger charge is 2.14. The normalized spacial score (nSPS) is 10.3. The number of pyridine rings is 1. The van der Waals surface area contributed by atoms with Gasteiger partial charge in [0, 0.05) is 20.7 Å². The van der Waals surface area contributed by atoms with Gasteiger partial charge in [-0.25, -0.2) is 4.98 Å². The molecule has 1 amide bonds. The predicted molar refractivity (Wildman–Crippen MR) is 76.8 cm³/mol. The fraction of sp³-hybridized carbons (Fsp3) is 0.455. The minimum absolute atomic E-state index is 0.109. The van der Waals surface area contributed by atoms with Crippen LogP contribution >= 0.6 is 23.2 Å². The average Bonchev–Trinajstić information content (AvgIpc) is 2.34. The first kappa shape index (κ1) is 15.8. The Labute approximate surface area is 121 Å². The van der Waals surface area contributed by atoms with Crippen LogP contribution in [0, 0.1) is 0 Å². The molecule has 106 valence electrons. The molecule has 0 saturated heterocycles. The van der Waals surface area contributed by atoms with Crippen LogP contribution in [-0.2, 0) is 9.53 Å². The van der Waals surface area contributed by atoms with Crippen LogP contribution in [-0.4, -0.2) is 44.7 Å². The Morgan fingerprint density at radius 1 is 1.53 bits per heavy atom. The lowest BCUT2D eigenvalue weighted by atomic mass is 10.4. The molecule has 0 aromatic carbocycles. The second-order valence-electron chi connectivity index (χ2n) is 3.86. The van der Waals surface area contributed by atoms with Gasteiger partial charge in [-0.15, -0.1) is 0 Å². The Balaban J connectivity index is 2.65. The first-order valence-corrected chi connectivity index (χ1v) is 6.29. The summed E-state index contributed by atoms with van der Waals surface area (Å²) in [7, 11) is 3.26. The van der Waals surface area contributed by atoms with E-state index in [-0.39, 0.29) is 23.3 Å². The highest BCUT2D eigenvalue weighted by molar-refractivity contribution is 6.37. The molecule has 8 heteroatoms. The van der Waals surface area contributed by atoms with Crippen LogP contribution in [0.3, 0.4) is 0 Å². The van der Waals surface area contributed by atoms with Gasteiger partial charge in [-0.1, -0.05) is 23.2 Å². The lowest BCUT2D eigenvalue weighted by Gasteiger charge is -2.19. The molecule has 0 aliphatic carbocycles. The second-order valence-corrected chi connectivity index (χ2v) is 4.67. The summed E-state index contributed by atoms with van der Waals surface area (Å²) in [6.07, 6.45) is 0. The molecule has 6 nitrogen and oxygen atoms in total. The van der Waals surface area contributed by atoms with E-state index in [1.807, 2.05) is 0 Å². The number of carbonyl (C=O) groups is 1. The minimum Gasteiger partial charge on any atom is -0.383 e. The molecular formula is C11H16Cl2N4O2. The number of ether oxygens (including phenoxy) is 1. The van der Waals surface area contributed by atoms with Crippen LogP contribution in [0.5, 0.6) is 0 Å². The van der Waals surface area contributed by atoms with Gasteiger partial charge in [-0.2, -0.15) is 0 Å². The van der Waals surface area contributed by atoms with Gasteiger partial charge in [0.25, 0.3) is 0 Å². The standard InChI is InChI=1S/C11H16Cl2N4O2/c1-17(6-9(18)15-3-4-19-2)11-8(13)5-7(12)10(14)16-11/h5H,3-4,6H2,1-2H3,(H2,14,16)(H,15,18). The monoisotopic (exact) mass is 306 g/mol. The van der Waals surface area contributed by atoms with Crippen molar-refractivity contribution in [3.05, 3.63) is 16.1 Å². The molecule has 0 bridgehead atoms. The van der Waals surface area contributed by atoms with Gasteiger partial charge in [-0.3, -0.25) is 4.79 Å². The van der Waals surface area contributed by atoms with Crippen molar-refractivity contribution >= 4 is 40.7 Å². The molecule has 1 aromatic rings. The highest BCUT2D eigenvalue weighted by atomic mass is 35.5. The molecule has 1 aromatic heterocycles. The number of hydrogen-bond acceptors (Lipinski definition) is 5. The zero-order valence-electron chi connectivity index (χ0n) is 10.7. The zero-order chi connectivity index (χ0) is 14.4. The van der Waals surface area contributed by atoms with E-state index in [4.69, 9.17) is 33.7 Å². The number of halogens is 2. The van der Waals surface area contributed by atoms with Crippen molar-refractivity contribution in [2.24, 2.45) is 0 Å². The SMILES string of the molecule is COCCNC(=O)CN(C)c1nc(N)c(Cl)cc1Cl. The molecule has 0 aliphatic rings. The Kier molecular flexibility index (Phi) is 6.14. The van der Waals surface area contributed by atoms with E-state index in [1.54, 1.807) is 19.1 Å². The number of carbonyl (C=O) groups excluding carboxylic acids is 1. The maximum atomic E-state index is 11.6. The van der Waals surface area contributed by atoms with Crippen LogP contribution < -0.4 is 16.0 Å². The Morgan fingerprint density at radius 3 is 2.84 bits per heavy atom. The third-order valence-corrected chi connectivity index (χ3v) is 2.89. The largest absolute Gasteiger partial charge is 0.383 e. The maximum absolute atomic E-state index is 11.6. The van der Waals surface area contributed by atoms with Crippen molar-refractivity contribution in [3.63, 3.8) is 0 Å². The molecule has 1 heterocycles. The lowest BCUT2D eigenvalue weighted by molar-refractivity contribution is -0.119. The van der Waals surface area contributed by atoms with Crippen LogP contribution in [0.15, 0.2) is 6.07 Å². The fourth-order valence-corrected chi connectivity index (χ4v) is 1.88. The minimum atomic E-state index is -0.161. The summed E-state index contributed by atoms with van der Waals surface area (Å²) in [6, 6.07) is 1.50. The van der Waals surface area contributed by atoms with Crippen LogP contribution in [0.2, 0.25) is 10.0 Å². The number of anilines is 2. The molecule has 0 atom stereocenters. The van der Waals surface area contributed by atoms with Crippen molar-refractivity contribution in [1.29, 1.82) is 0 Å². The highest BCUT2D eigenvalue weighted by Crippen LogP contribution is 2.29. The van der Waals surface area contributed by atoms with E-state index in [1.165, 1.54) is 6.07 Å². The Bertz CT molecular complexity index is 457. The van der Waals surface area contributed by atoms with E-state index in [9.17, 15) is 4.79 Å². The van der Waals surface area contributed by atoms with Crippen LogP contribution in [0.25, 0.3) is 0 Å². The summed E-state index contributed by atoms with van der Waals surface area (Å²) in [5, 5.41) is 3.32. The summed E-state index contributed by atoms with van der Waals surface area (Å²) in [5.74, 6) is 0.420. The number of nitrogen functional groups attached to an aromatic ring is 1. The summed E-state index contributed by atoms with van der Waals surface area (Å²) in [6.45, 7) is 1.02. The number of nitrogens with one attached hydrogen (secondary N) is 1. The molecule has 0 saturated carbocycles. The second kappa shape index (κ2) is 7.37. The van der Waals surface area contributed by atoms with Crippen molar-refractivity contribution in [1.82, 2.24) is 10.3 Å². The number of nitrogens with two attached hydrogens (primary N) is 1. The summed E-state index contributed by atoms with van der Waals surface area (Å²) in [4.78, 5) is 17.3. The molecular weight excluding hydrogens is 291 g/mol. The molecule has 1 rings (SSSR count). The average molecular weight is 307 g/mol. The van der Waals surface area contributed by atoms with E-state index < -0.39 is 0 Å². The van der Waals surface area contributed by atoms with E-state index in [2.05, 4.69) is 10.3 Å². The quantitative estimate of drug-likeness (QED) is 0.771. The van der Waals surface area contributed by atoms with Gasteiger partial charge >= 0.3 is 0 Å². The number of likely N-dealkylation sites (N-methyl/N-ethyl adjacent to an activating group) is 1. The first-order valence-electron chi connectivity index (χ1n) is 5.54. The topological polar surface area (TPSA) is 80.5 Å². The van der Waals surface area contributed by atoms with E-state index >= 15 is 0 Å². The van der Waals surface area contributed by atoms with Gasteiger partial charge in [0.15, 0.2) is 0 Å². The van der Waals surface area contributed by atoms with Gasteiger partial charge in [0.05, 0.1) is 23.2 Å². The van der Waals surface area contributed by atoms with Crippen molar-refractivity contribution in [3.8, 4) is 0 Å². The summed E-state index contributed by atoms with van der Waals surface area (Å²) in [5.41, 5.74) is 5.61. The number of methoxy groups -OCH3 is 1. The van der Waals surface area contributed by atoms with E-state index in [0.717, 1.165) is 0 Å². The number of aromatic nitrogens is 1. The zero-order valence-corrected chi connectivity index (χ0v) is 12.3. The van der Waals surface area contributed by atoms with Crippen molar-refractivity contribution in [2.45, 2.75) is 0 Å². The molecule has 3 N–H and O–H groups in total. The molecule has 0 aliphatic heterocycles. The summed E-state index contributed by atoms with van der Waals surface area (Å²) < 4.78 is 4.84. The van der Waals surface area contributed by atoms with Crippen molar-refractivity contribution < 1.29 is 9.53 Å². The lowest BCUT2D eigenvalue weighted by Crippen LogP contribution is -2.37. The van der Waals surface area contributed by atoms with Crippen LogP contribution in [0.4, 0.5) is 11.6 Å². The maximum Gasteiger partial charge on any atom is 0.239 e. The van der Waals surface area contributed by atoms with E-state index in [0.29, 0.717) is 24.0 Å². The third kappa shape index (κ3) is 4.74. The number of amides is 1. The third-order valence-electron chi connectivity index (χ3n) is 2.31. The Morgan fingerprint density at radius 2 is 2.21 bits per heavy atom. The molecule has 19 heavy (non-hydrogen) atoms. The van der Waals surface area contributed by atoms with Gasteiger partial charge in [-0.05, 0) is 6.07 Å². The van der Waals surface area contributed by atoms with Gasteiger partial charge in [0.1, 0.15) is 11.6 Å². The van der Waals surface area contributed by atoms with Gasteiger partial charge in [0.2, 0.25) is 5.91 Å².